The van der Waals surface area contributed by atoms with E-state index < -0.39 is 0 Å². The third-order valence-electron chi connectivity index (χ3n) is 4.97. The van der Waals surface area contributed by atoms with E-state index in [0.29, 0.717) is 12.1 Å². The molecule has 0 bridgehead atoms. The van der Waals surface area contributed by atoms with Gasteiger partial charge in [0.05, 0.1) is 0 Å². The van der Waals surface area contributed by atoms with Crippen molar-refractivity contribution in [1.82, 2.24) is 4.98 Å². The van der Waals surface area contributed by atoms with Gasteiger partial charge in [0.1, 0.15) is 0 Å². The number of carbonyl (C=O) groups is 1. The van der Waals surface area contributed by atoms with E-state index >= 15 is 0 Å². The van der Waals surface area contributed by atoms with Crippen LogP contribution in [0, 0.1) is 6.92 Å². The van der Waals surface area contributed by atoms with Crippen LogP contribution < -0.4 is 10.2 Å². The number of rotatable bonds is 5. The summed E-state index contributed by atoms with van der Waals surface area (Å²) >= 11 is 0. The highest BCUT2D eigenvalue weighted by molar-refractivity contribution is 5.85. The Kier molecular flexibility index (Phi) is 8.17. The van der Waals surface area contributed by atoms with Crippen molar-refractivity contribution in [3.8, 4) is 5.75 Å². The van der Waals surface area contributed by atoms with Gasteiger partial charge >= 0.3 is 0 Å². The van der Waals surface area contributed by atoms with Gasteiger partial charge in [0.15, 0.2) is 11.6 Å². The number of aromatic hydroxyl groups is 1. The van der Waals surface area contributed by atoms with Crippen molar-refractivity contribution in [2.75, 3.05) is 23.3 Å². The maximum atomic E-state index is 10.3. The average molecular weight is 417 g/mol. The maximum absolute atomic E-state index is 10.3. The Hall–Kier alpha value is -3.67. The maximum Gasteiger partial charge on any atom is 0.211 e. The van der Waals surface area contributed by atoms with Crippen LogP contribution in [0.1, 0.15) is 30.4 Å². The van der Waals surface area contributed by atoms with Gasteiger partial charge in [-0.2, -0.15) is 0 Å². The molecular weight excluding hydrogens is 388 g/mol. The largest absolute Gasteiger partial charge is 0.504 e. The number of aryl methyl sites for hydroxylation is 1. The van der Waals surface area contributed by atoms with E-state index in [4.69, 9.17) is 0 Å². The minimum Gasteiger partial charge on any atom is -0.504 e. The Morgan fingerprint density at radius 3 is 2.52 bits per heavy atom. The van der Waals surface area contributed by atoms with Gasteiger partial charge < -0.3 is 15.3 Å². The summed E-state index contributed by atoms with van der Waals surface area (Å²) in [6.07, 6.45) is 7.85. The first-order valence-electron chi connectivity index (χ1n) is 10.5. The molecule has 6 heteroatoms. The zero-order chi connectivity index (χ0) is 21.9. The van der Waals surface area contributed by atoms with Gasteiger partial charge in [-0.15, -0.1) is 0 Å². The number of carbonyl (C=O) groups excluding carboxylic acids is 1. The number of aromatic nitrogens is 1. The molecule has 2 N–H and O–H groups in total. The second-order valence-electron chi connectivity index (χ2n) is 7.38. The molecule has 3 aromatic rings. The minimum absolute atomic E-state index is 0.0240. The summed E-state index contributed by atoms with van der Waals surface area (Å²) in [5.41, 5.74) is 4.22. The first-order chi connectivity index (χ1) is 15.2. The molecule has 1 saturated heterocycles. The van der Waals surface area contributed by atoms with Gasteiger partial charge in [-0.05, 0) is 68.1 Å². The zero-order valence-electron chi connectivity index (χ0n) is 17.7. The number of pyridine rings is 1. The standard InChI is InChI=1S/C13H11N3O2.C12H17N/c17-9-16-11-4-1-3-10(7-11)8-15-13-12(18)5-2-6-14-13;1-11-5-7-12(8-6-11)13-9-3-2-4-10-13/h1-9,18H,(H,16,17);5-8H,2-4,9-10H2,1H3/b15-8+;. The molecule has 1 aliphatic rings. The van der Waals surface area contributed by atoms with Crippen LogP contribution in [-0.4, -0.2) is 35.8 Å². The van der Waals surface area contributed by atoms with Crippen LogP contribution in [-0.2, 0) is 4.79 Å². The fourth-order valence-corrected chi connectivity index (χ4v) is 3.31. The first-order valence-corrected chi connectivity index (χ1v) is 10.5. The second kappa shape index (κ2) is 11.5. The highest BCUT2D eigenvalue weighted by Gasteiger charge is 2.09. The quantitative estimate of drug-likeness (QED) is 0.448. The minimum atomic E-state index is 0.0240. The number of anilines is 2. The normalized spacial score (nSPS) is 13.4. The van der Waals surface area contributed by atoms with Crippen LogP contribution in [0.25, 0.3) is 0 Å². The van der Waals surface area contributed by atoms with Crippen molar-refractivity contribution in [2.24, 2.45) is 4.99 Å². The van der Waals surface area contributed by atoms with Crippen molar-refractivity contribution in [3.63, 3.8) is 0 Å². The monoisotopic (exact) mass is 416 g/mol. The van der Waals surface area contributed by atoms with Gasteiger partial charge in [-0.1, -0.05) is 29.8 Å². The summed E-state index contributed by atoms with van der Waals surface area (Å²) in [7, 11) is 0. The van der Waals surface area contributed by atoms with E-state index in [-0.39, 0.29) is 11.6 Å². The number of hydrogen-bond acceptors (Lipinski definition) is 5. The number of benzene rings is 2. The molecule has 0 atom stereocenters. The van der Waals surface area contributed by atoms with Crippen LogP contribution in [0.2, 0.25) is 0 Å². The van der Waals surface area contributed by atoms with Gasteiger partial charge in [0.25, 0.3) is 0 Å². The Morgan fingerprint density at radius 1 is 1.03 bits per heavy atom. The average Bonchev–Trinajstić information content (AvgIpc) is 2.81. The van der Waals surface area contributed by atoms with Crippen molar-refractivity contribution in [1.29, 1.82) is 0 Å². The summed E-state index contributed by atoms with van der Waals surface area (Å²) < 4.78 is 0. The topological polar surface area (TPSA) is 77.8 Å². The third-order valence-corrected chi connectivity index (χ3v) is 4.97. The van der Waals surface area contributed by atoms with E-state index in [2.05, 4.69) is 51.4 Å². The molecule has 6 nitrogen and oxygen atoms in total. The SMILES string of the molecule is Cc1ccc(N2CCCCC2)cc1.O=CNc1cccc(/C=N/c2ncccc2O)c1. The van der Waals surface area contributed by atoms with Crippen molar-refractivity contribution < 1.29 is 9.90 Å². The lowest BCUT2D eigenvalue weighted by atomic mass is 10.1. The first kappa shape index (κ1) is 22.0. The van der Waals surface area contributed by atoms with E-state index in [0.717, 1.165) is 5.56 Å². The van der Waals surface area contributed by atoms with Gasteiger partial charge in [-0.25, -0.2) is 9.98 Å². The molecule has 0 saturated carbocycles. The smallest absolute Gasteiger partial charge is 0.211 e. The number of piperidine rings is 1. The van der Waals surface area contributed by atoms with E-state index in [1.807, 2.05) is 6.07 Å². The zero-order valence-corrected chi connectivity index (χ0v) is 17.7. The number of aliphatic imine (C=N–C) groups is 1. The van der Waals surface area contributed by atoms with Crippen LogP contribution in [0.15, 0.2) is 71.9 Å². The molecular formula is C25H28N4O2. The van der Waals surface area contributed by atoms with Crippen molar-refractivity contribution >= 4 is 29.8 Å². The Bertz CT molecular complexity index is 996. The highest BCUT2D eigenvalue weighted by Crippen LogP contribution is 2.22. The van der Waals surface area contributed by atoms with E-state index in [1.165, 1.54) is 49.7 Å². The number of amides is 1. The lowest BCUT2D eigenvalue weighted by Gasteiger charge is -2.28. The predicted molar refractivity (Wildman–Crippen MR) is 127 cm³/mol. The number of nitrogens with one attached hydrogen (secondary N) is 1. The summed E-state index contributed by atoms with van der Waals surface area (Å²) in [6.45, 7) is 4.62. The molecule has 4 rings (SSSR count). The lowest BCUT2D eigenvalue weighted by Crippen LogP contribution is -2.29. The van der Waals surface area contributed by atoms with Gasteiger partial charge in [-0.3, -0.25) is 4.79 Å². The third kappa shape index (κ3) is 6.96. The van der Waals surface area contributed by atoms with E-state index in [9.17, 15) is 9.90 Å². The molecule has 31 heavy (non-hydrogen) atoms. The summed E-state index contributed by atoms with van der Waals surface area (Å²) in [5.74, 6) is 0.280. The second-order valence-corrected chi connectivity index (χ2v) is 7.38. The summed E-state index contributed by atoms with van der Waals surface area (Å²) in [6, 6.07) is 19.2. The Morgan fingerprint density at radius 2 is 1.81 bits per heavy atom. The summed E-state index contributed by atoms with van der Waals surface area (Å²) in [4.78, 5) is 20.8. The molecule has 1 amide bonds. The Labute approximate surface area is 183 Å². The number of nitrogens with zero attached hydrogens (tertiary/aromatic N) is 3. The lowest BCUT2D eigenvalue weighted by molar-refractivity contribution is -0.105. The molecule has 160 valence electrons. The molecule has 2 aromatic carbocycles. The highest BCUT2D eigenvalue weighted by atomic mass is 16.3. The molecule has 1 fully saturated rings. The molecule has 0 unspecified atom stereocenters. The fraction of sp³-hybridized carbons (Fsp3) is 0.240. The van der Waals surface area contributed by atoms with Gasteiger partial charge in [0, 0.05) is 36.9 Å². The molecule has 0 aliphatic carbocycles. The van der Waals surface area contributed by atoms with Crippen LogP contribution in [0.5, 0.6) is 5.75 Å². The molecule has 0 spiro atoms. The van der Waals surface area contributed by atoms with Crippen LogP contribution >= 0.6 is 0 Å². The van der Waals surface area contributed by atoms with E-state index in [1.54, 1.807) is 36.7 Å². The van der Waals surface area contributed by atoms with Crippen LogP contribution in [0.3, 0.4) is 0 Å². The Balaban J connectivity index is 0.000000185. The molecule has 1 aromatic heterocycles. The molecule has 0 radical (unpaired) electrons. The summed E-state index contributed by atoms with van der Waals surface area (Å²) in [5, 5.41) is 12.0. The fourth-order valence-electron chi connectivity index (χ4n) is 3.31. The predicted octanol–water partition coefficient (Wildman–Crippen LogP) is 5.09. The number of hydrogen-bond donors (Lipinski definition) is 2. The van der Waals surface area contributed by atoms with Gasteiger partial charge in [0.2, 0.25) is 6.41 Å². The molecule has 1 aliphatic heterocycles. The van der Waals surface area contributed by atoms with Crippen molar-refractivity contribution in [3.05, 3.63) is 78.0 Å². The van der Waals surface area contributed by atoms with Crippen molar-refractivity contribution in [2.45, 2.75) is 26.2 Å². The molecule has 2 heterocycles. The van der Waals surface area contributed by atoms with Crippen LogP contribution in [0.4, 0.5) is 17.2 Å².